The summed E-state index contributed by atoms with van der Waals surface area (Å²) >= 11 is 0. The van der Waals surface area contributed by atoms with Gasteiger partial charge in [0, 0.05) is 10.8 Å². The lowest BCUT2D eigenvalue weighted by Gasteiger charge is -2.22. The van der Waals surface area contributed by atoms with Gasteiger partial charge in [-0.1, -0.05) is 164 Å². The van der Waals surface area contributed by atoms with Gasteiger partial charge >= 0.3 is 0 Å². The first-order valence-electron chi connectivity index (χ1n) is 16.9. The molecule has 0 radical (unpaired) electrons. The summed E-state index contributed by atoms with van der Waals surface area (Å²) in [5.74, 6) is 0. The number of benzene rings is 9. The molecule has 1 heterocycles. The van der Waals surface area contributed by atoms with Crippen molar-refractivity contribution < 1.29 is 4.42 Å². The molecule has 9 aromatic carbocycles. The van der Waals surface area contributed by atoms with Crippen molar-refractivity contribution in [1.82, 2.24) is 0 Å². The zero-order valence-electron chi connectivity index (χ0n) is 26.7. The monoisotopic (exact) mass is 622 g/mol. The van der Waals surface area contributed by atoms with Gasteiger partial charge in [0.1, 0.15) is 11.2 Å². The van der Waals surface area contributed by atoms with Crippen molar-refractivity contribution in [3.63, 3.8) is 0 Å². The quantitative estimate of drug-likeness (QED) is 0.178. The Kier molecular flexibility index (Phi) is 6.25. The third kappa shape index (κ3) is 4.33. The highest BCUT2D eigenvalue weighted by molar-refractivity contribution is 6.25. The van der Waals surface area contributed by atoms with Crippen molar-refractivity contribution in [1.29, 1.82) is 0 Å². The number of furan rings is 1. The molecule has 0 fully saturated rings. The van der Waals surface area contributed by atoms with Crippen LogP contribution >= 0.6 is 0 Å². The van der Waals surface area contributed by atoms with Crippen molar-refractivity contribution in [2.24, 2.45) is 0 Å². The molecule has 49 heavy (non-hydrogen) atoms. The molecule has 10 rings (SSSR count). The van der Waals surface area contributed by atoms with Crippen LogP contribution in [-0.4, -0.2) is 0 Å². The maximum atomic E-state index is 6.31. The maximum absolute atomic E-state index is 6.31. The van der Waals surface area contributed by atoms with Gasteiger partial charge in [0.25, 0.3) is 0 Å². The fraction of sp³-hybridized carbons (Fsp3) is 0. The third-order valence-corrected chi connectivity index (χ3v) is 10.1. The molecule has 0 N–H and O–H groups in total. The predicted molar refractivity (Wildman–Crippen MR) is 208 cm³/mol. The Balaban J connectivity index is 1.33. The molecule has 0 aliphatic rings. The number of fused-ring (bicyclic) bond motifs is 7. The molecule has 0 saturated carbocycles. The molecule has 0 unspecified atom stereocenters. The molecule has 0 aliphatic heterocycles. The van der Waals surface area contributed by atoms with Crippen LogP contribution in [0.3, 0.4) is 0 Å². The van der Waals surface area contributed by atoms with Crippen LogP contribution in [-0.2, 0) is 0 Å². The van der Waals surface area contributed by atoms with E-state index in [-0.39, 0.29) is 0 Å². The highest BCUT2D eigenvalue weighted by Gasteiger charge is 2.22. The minimum atomic E-state index is 0.918. The summed E-state index contributed by atoms with van der Waals surface area (Å²) in [5, 5.41) is 9.69. The zero-order valence-corrected chi connectivity index (χ0v) is 26.7. The Labute approximate surface area is 284 Å². The van der Waals surface area contributed by atoms with E-state index in [1.54, 1.807) is 0 Å². The zero-order chi connectivity index (χ0) is 32.3. The Bertz CT molecular complexity index is 2750. The summed E-state index contributed by atoms with van der Waals surface area (Å²) in [5.41, 5.74) is 11.7. The molecule has 0 amide bonds. The van der Waals surface area contributed by atoms with E-state index in [1.165, 1.54) is 82.2 Å². The second-order valence-electron chi connectivity index (χ2n) is 12.8. The number of rotatable bonds is 4. The predicted octanol–water partition coefficient (Wildman–Crippen LogP) is 13.7. The average molecular weight is 623 g/mol. The van der Waals surface area contributed by atoms with Crippen molar-refractivity contribution in [3.8, 4) is 44.5 Å². The second-order valence-corrected chi connectivity index (χ2v) is 12.8. The molecular weight excluding hydrogens is 593 g/mol. The third-order valence-electron chi connectivity index (χ3n) is 10.1. The molecular formula is C48H30O. The largest absolute Gasteiger partial charge is 0.456 e. The van der Waals surface area contributed by atoms with Crippen molar-refractivity contribution in [3.05, 3.63) is 182 Å². The standard InChI is InChI=1S/C48H30O/c1-3-14-31(15-4-1)35-23-13-24-36(32-16-5-2-6-17-32)47(35)48-39-20-9-7-18-37(39)45(38-19-8-10-21-40(38)48)34-27-26-33-28-29-44-46(42(33)30-34)41-22-11-12-25-43(41)49-44/h1-30H. The van der Waals surface area contributed by atoms with Crippen LogP contribution in [0.2, 0.25) is 0 Å². The van der Waals surface area contributed by atoms with Crippen molar-refractivity contribution in [2.75, 3.05) is 0 Å². The van der Waals surface area contributed by atoms with Crippen molar-refractivity contribution >= 4 is 54.3 Å². The first-order valence-corrected chi connectivity index (χ1v) is 16.9. The summed E-state index contributed by atoms with van der Waals surface area (Å²) < 4.78 is 6.31. The van der Waals surface area contributed by atoms with Crippen LogP contribution in [0.15, 0.2) is 186 Å². The molecule has 0 saturated heterocycles. The molecule has 1 nitrogen and oxygen atoms in total. The van der Waals surface area contributed by atoms with E-state index in [2.05, 4.69) is 176 Å². The molecule has 1 aromatic heterocycles. The Morgan fingerprint density at radius 1 is 0.286 bits per heavy atom. The Hall–Kier alpha value is -6.44. The lowest BCUT2D eigenvalue weighted by Crippen LogP contribution is -1.95. The number of para-hydroxylation sites is 1. The lowest BCUT2D eigenvalue weighted by molar-refractivity contribution is 0.669. The van der Waals surface area contributed by atoms with E-state index in [1.807, 2.05) is 6.07 Å². The summed E-state index contributed by atoms with van der Waals surface area (Å²) in [7, 11) is 0. The Morgan fingerprint density at radius 2 is 0.796 bits per heavy atom. The molecule has 1 heteroatoms. The summed E-state index contributed by atoms with van der Waals surface area (Å²) in [4.78, 5) is 0. The first kappa shape index (κ1) is 27.7. The van der Waals surface area contributed by atoms with Gasteiger partial charge in [-0.15, -0.1) is 0 Å². The highest BCUT2D eigenvalue weighted by Crippen LogP contribution is 2.49. The van der Waals surface area contributed by atoms with Crippen LogP contribution in [0.25, 0.3) is 98.8 Å². The van der Waals surface area contributed by atoms with E-state index >= 15 is 0 Å². The van der Waals surface area contributed by atoms with E-state index in [0.717, 1.165) is 16.6 Å². The molecule has 0 spiro atoms. The van der Waals surface area contributed by atoms with Gasteiger partial charge < -0.3 is 4.42 Å². The van der Waals surface area contributed by atoms with Crippen LogP contribution < -0.4 is 0 Å². The van der Waals surface area contributed by atoms with Gasteiger partial charge in [-0.2, -0.15) is 0 Å². The summed E-state index contributed by atoms with van der Waals surface area (Å²) in [6.07, 6.45) is 0. The fourth-order valence-corrected chi connectivity index (χ4v) is 7.95. The summed E-state index contributed by atoms with van der Waals surface area (Å²) in [6.45, 7) is 0. The number of hydrogen-bond acceptors (Lipinski definition) is 1. The van der Waals surface area contributed by atoms with Crippen LogP contribution in [0.4, 0.5) is 0 Å². The van der Waals surface area contributed by atoms with Crippen molar-refractivity contribution in [2.45, 2.75) is 0 Å². The van der Waals surface area contributed by atoms with Gasteiger partial charge in [0.05, 0.1) is 0 Å². The normalized spacial score (nSPS) is 11.7. The smallest absolute Gasteiger partial charge is 0.136 e. The maximum Gasteiger partial charge on any atom is 0.136 e. The minimum absolute atomic E-state index is 0.918. The average Bonchev–Trinajstić information content (AvgIpc) is 3.57. The van der Waals surface area contributed by atoms with Crippen LogP contribution in [0.5, 0.6) is 0 Å². The Morgan fingerprint density at radius 3 is 1.41 bits per heavy atom. The van der Waals surface area contributed by atoms with Gasteiger partial charge in [-0.3, -0.25) is 0 Å². The second kappa shape index (κ2) is 11.1. The molecule has 0 atom stereocenters. The van der Waals surface area contributed by atoms with Gasteiger partial charge in [-0.05, 0) is 95.0 Å². The molecule has 0 aliphatic carbocycles. The highest BCUT2D eigenvalue weighted by atomic mass is 16.3. The van der Waals surface area contributed by atoms with Crippen LogP contribution in [0.1, 0.15) is 0 Å². The topological polar surface area (TPSA) is 13.1 Å². The molecule has 228 valence electrons. The van der Waals surface area contributed by atoms with Gasteiger partial charge in [0.2, 0.25) is 0 Å². The molecule has 0 bridgehead atoms. The number of hydrogen-bond donors (Lipinski definition) is 0. The van der Waals surface area contributed by atoms with E-state index < -0.39 is 0 Å². The first-order chi connectivity index (χ1) is 24.3. The summed E-state index contributed by atoms with van der Waals surface area (Å²) in [6, 6.07) is 65.8. The van der Waals surface area contributed by atoms with Crippen LogP contribution in [0, 0.1) is 0 Å². The van der Waals surface area contributed by atoms with E-state index in [9.17, 15) is 0 Å². The SMILES string of the molecule is c1ccc(-c2cccc(-c3ccccc3)c2-c2c3ccccc3c(-c3ccc4ccc5oc6ccccc6c5c4c3)c3ccccc23)cc1. The lowest BCUT2D eigenvalue weighted by atomic mass is 9.81. The fourth-order valence-electron chi connectivity index (χ4n) is 7.95. The van der Waals surface area contributed by atoms with E-state index in [0.29, 0.717) is 0 Å². The van der Waals surface area contributed by atoms with E-state index in [4.69, 9.17) is 4.42 Å². The minimum Gasteiger partial charge on any atom is -0.456 e. The van der Waals surface area contributed by atoms with Gasteiger partial charge in [-0.25, -0.2) is 0 Å². The molecule has 10 aromatic rings. The van der Waals surface area contributed by atoms with Gasteiger partial charge in [0.15, 0.2) is 0 Å².